The van der Waals surface area contributed by atoms with E-state index in [1.807, 2.05) is 0 Å². The molecule has 1 heterocycles. The highest BCUT2D eigenvalue weighted by Crippen LogP contribution is 2.32. The number of ether oxygens (including phenoxy) is 2. The van der Waals surface area contributed by atoms with E-state index >= 15 is 0 Å². The highest BCUT2D eigenvalue weighted by Gasteiger charge is 2.17. The number of nitrogens with one attached hydrogen (secondary N) is 1. The van der Waals surface area contributed by atoms with Gasteiger partial charge in [0.1, 0.15) is 0 Å². The predicted molar refractivity (Wildman–Crippen MR) is 79.5 cm³/mol. The molecule has 1 amide bonds. The molecule has 0 atom stereocenters. The fourth-order valence-electron chi connectivity index (χ4n) is 2.10. The summed E-state index contributed by atoms with van der Waals surface area (Å²) in [6, 6.07) is 11.7. The topological polar surface area (TPSA) is 106 Å². The zero-order chi connectivity index (χ0) is 15.5. The Morgan fingerprint density at radius 3 is 2.77 bits per heavy atom. The molecular formula is C15H13N3O4. The molecule has 2 aromatic carbocycles. The third-order valence-electron chi connectivity index (χ3n) is 3.19. The molecule has 22 heavy (non-hydrogen) atoms. The van der Waals surface area contributed by atoms with Gasteiger partial charge in [-0.05, 0) is 30.3 Å². The van der Waals surface area contributed by atoms with E-state index in [-0.39, 0.29) is 18.5 Å². The number of fused-ring (bicyclic) bond motifs is 1. The number of rotatable bonds is 3. The number of carbonyl (C=O) groups excluding carboxylic acids is 1. The van der Waals surface area contributed by atoms with E-state index in [1.54, 1.807) is 42.5 Å². The number of anilines is 1. The lowest BCUT2D eigenvalue weighted by molar-refractivity contribution is 0.102. The quantitative estimate of drug-likeness (QED) is 0.346. The average molecular weight is 299 g/mol. The molecule has 7 heteroatoms. The first kappa shape index (κ1) is 13.7. The smallest absolute Gasteiger partial charge is 0.255 e. The zero-order valence-electron chi connectivity index (χ0n) is 11.4. The molecule has 0 fully saturated rings. The van der Waals surface area contributed by atoms with Crippen LogP contribution in [-0.4, -0.2) is 23.7 Å². The number of hydrogen-bond donors (Lipinski definition) is 3. The number of hydrogen-bond acceptors (Lipinski definition) is 5. The first-order valence-corrected chi connectivity index (χ1v) is 6.47. The van der Waals surface area contributed by atoms with E-state index in [2.05, 4.69) is 10.5 Å². The maximum absolute atomic E-state index is 12.3. The van der Waals surface area contributed by atoms with Crippen LogP contribution in [0.3, 0.4) is 0 Å². The Kier molecular flexibility index (Phi) is 3.53. The molecule has 0 spiro atoms. The molecule has 2 aromatic rings. The standard InChI is InChI=1S/C15H13N3O4/c16-14(18-20)10-3-1-2-4-11(10)17-15(19)9-5-6-12-13(7-9)22-8-21-12/h1-7,20H,8H2,(H2,16,18)(H,17,19). The van der Waals surface area contributed by atoms with Crippen molar-refractivity contribution in [3.63, 3.8) is 0 Å². The van der Waals surface area contributed by atoms with Crippen molar-refractivity contribution in [2.75, 3.05) is 12.1 Å². The summed E-state index contributed by atoms with van der Waals surface area (Å²) in [5.41, 5.74) is 6.89. The molecule has 0 bridgehead atoms. The van der Waals surface area contributed by atoms with Gasteiger partial charge in [-0.15, -0.1) is 0 Å². The summed E-state index contributed by atoms with van der Waals surface area (Å²) in [7, 11) is 0. The van der Waals surface area contributed by atoms with Crippen molar-refractivity contribution >= 4 is 17.4 Å². The number of amides is 1. The van der Waals surface area contributed by atoms with Crippen LogP contribution in [-0.2, 0) is 0 Å². The highest BCUT2D eigenvalue weighted by molar-refractivity contribution is 6.10. The number of oxime groups is 1. The van der Waals surface area contributed by atoms with Crippen molar-refractivity contribution in [2.45, 2.75) is 0 Å². The van der Waals surface area contributed by atoms with Crippen molar-refractivity contribution in [1.82, 2.24) is 0 Å². The van der Waals surface area contributed by atoms with Crippen molar-refractivity contribution in [3.05, 3.63) is 53.6 Å². The van der Waals surface area contributed by atoms with E-state index < -0.39 is 0 Å². The Morgan fingerprint density at radius 1 is 1.18 bits per heavy atom. The monoisotopic (exact) mass is 299 g/mol. The minimum absolute atomic E-state index is 0.0819. The Morgan fingerprint density at radius 2 is 1.95 bits per heavy atom. The molecule has 0 unspecified atom stereocenters. The minimum atomic E-state index is -0.337. The number of nitrogens with zero attached hydrogens (tertiary/aromatic N) is 1. The second-order valence-electron chi connectivity index (χ2n) is 4.55. The van der Waals surface area contributed by atoms with Crippen molar-refractivity contribution in [2.24, 2.45) is 10.9 Å². The van der Waals surface area contributed by atoms with Crippen molar-refractivity contribution in [1.29, 1.82) is 0 Å². The van der Waals surface area contributed by atoms with Gasteiger partial charge >= 0.3 is 0 Å². The summed E-state index contributed by atoms with van der Waals surface area (Å²) >= 11 is 0. The van der Waals surface area contributed by atoms with Gasteiger partial charge in [0.2, 0.25) is 6.79 Å². The first-order valence-electron chi connectivity index (χ1n) is 6.47. The van der Waals surface area contributed by atoms with Crippen LogP contribution in [0.2, 0.25) is 0 Å². The Balaban J connectivity index is 1.86. The number of benzene rings is 2. The molecule has 0 aliphatic carbocycles. The minimum Gasteiger partial charge on any atom is -0.454 e. The van der Waals surface area contributed by atoms with Gasteiger partial charge in [0.25, 0.3) is 5.91 Å². The highest BCUT2D eigenvalue weighted by atomic mass is 16.7. The van der Waals surface area contributed by atoms with Crippen LogP contribution in [0, 0.1) is 0 Å². The van der Waals surface area contributed by atoms with Crippen molar-refractivity contribution < 1.29 is 19.5 Å². The largest absolute Gasteiger partial charge is 0.454 e. The van der Waals surface area contributed by atoms with Crippen LogP contribution in [0.15, 0.2) is 47.6 Å². The maximum atomic E-state index is 12.3. The summed E-state index contributed by atoms with van der Waals surface area (Å²) in [5, 5.41) is 14.5. The lowest BCUT2D eigenvalue weighted by Crippen LogP contribution is -2.19. The molecule has 4 N–H and O–H groups in total. The molecule has 1 aliphatic heterocycles. The van der Waals surface area contributed by atoms with Crippen LogP contribution in [0.5, 0.6) is 11.5 Å². The van der Waals surface area contributed by atoms with E-state index in [4.69, 9.17) is 20.4 Å². The summed E-state index contributed by atoms with van der Waals surface area (Å²) in [6.07, 6.45) is 0. The van der Waals surface area contributed by atoms with Gasteiger partial charge in [-0.1, -0.05) is 17.3 Å². The summed E-state index contributed by atoms with van der Waals surface area (Å²) in [6.45, 7) is 0.146. The van der Waals surface area contributed by atoms with E-state index in [0.29, 0.717) is 28.3 Å². The maximum Gasteiger partial charge on any atom is 0.255 e. The van der Waals surface area contributed by atoms with Gasteiger partial charge in [-0.3, -0.25) is 4.79 Å². The Hall–Kier alpha value is -3.22. The van der Waals surface area contributed by atoms with Crippen LogP contribution >= 0.6 is 0 Å². The lowest BCUT2D eigenvalue weighted by Gasteiger charge is -2.10. The van der Waals surface area contributed by atoms with E-state index in [1.165, 1.54) is 0 Å². The Labute approximate surface area is 125 Å². The normalized spacial score (nSPS) is 13.0. The summed E-state index contributed by atoms with van der Waals surface area (Å²) in [5.74, 6) is 0.712. The molecule has 112 valence electrons. The third kappa shape index (κ3) is 2.51. The number of carbonyl (C=O) groups is 1. The molecule has 0 radical (unpaired) electrons. The van der Waals surface area contributed by atoms with Crippen molar-refractivity contribution in [3.8, 4) is 11.5 Å². The van der Waals surface area contributed by atoms with Gasteiger partial charge in [0.15, 0.2) is 17.3 Å². The summed E-state index contributed by atoms with van der Waals surface area (Å²) in [4.78, 5) is 12.3. The van der Waals surface area contributed by atoms with Gasteiger partial charge in [-0.2, -0.15) is 0 Å². The molecule has 1 aliphatic rings. The van der Waals surface area contributed by atoms with Gasteiger partial charge in [-0.25, -0.2) is 0 Å². The van der Waals surface area contributed by atoms with Gasteiger partial charge < -0.3 is 25.7 Å². The fraction of sp³-hybridized carbons (Fsp3) is 0.0667. The van der Waals surface area contributed by atoms with E-state index in [9.17, 15) is 4.79 Å². The van der Waals surface area contributed by atoms with Crippen LogP contribution in [0.25, 0.3) is 0 Å². The number of amidine groups is 1. The number of para-hydroxylation sites is 1. The van der Waals surface area contributed by atoms with E-state index in [0.717, 1.165) is 0 Å². The molecule has 7 nitrogen and oxygen atoms in total. The molecule has 0 saturated heterocycles. The average Bonchev–Trinajstić information content (AvgIpc) is 3.02. The molecule has 3 rings (SSSR count). The SMILES string of the molecule is NC(=NO)c1ccccc1NC(=O)c1ccc2c(c1)OCO2. The third-order valence-corrected chi connectivity index (χ3v) is 3.19. The second-order valence-corrected chi connectivity index (χ2v) is 4.55. The fourth-order valence-corrected chi connectivity index (χ4v) is 2.10. The van der Waals surface area contributed by atoms with Crippen LogP contribution in [0.4, 0.5) is 5.69 Å². The molecule has 0 saturated carbocycles. The Bertz CT molecular complexity index is 758. The predicted octanol–water partition coefficient (Wildman–Crippen LogP) is 1.76. The summed E-state index contributed by atoms with van der Waals surface area (Å²) < 4.78 is 10.4. The van der Waals surface area contributed by atoms with Crippen LogP contribution in [0.1, 0.15) is 15.9 Å². The van der Waals surface area contributed by atoms with Crippen LogP contribution < -0.4 is 20.5 Å². The molecular weight excluding hydrogens is 286 g/mol. The molecule has 0 aromatic heterocycles. The van der Waals surface area contributed by atoms with Gasteiger partial charge in [0.05, 0.1) is 5.69 Å². The lowest BCUT2D eigenvalue weighted by atomic mass is 10.1. The van der Waals surface area contributed by atoms with Gasteiger partial charge in [0, 0.05) is 11.1 Å². The first-order chi connectivity index (χ1) is 10.7. The second kappa shape index (κ2) is 5.65. The number of nitrogens with two attached hydrogens (primary N) is 1. The zero-order valence-corrected chi connectivity index (χ0v) is 11.4.